The molecule has 36 heavy (non-hydrogen) atoms. The van der Waals surface area contributed by atoms with Crippen LogP contribution in [-0.2, 0) is 17.1 Å². The first-order chi connectivity index (χ1) is 17.6. The molecule has 0 spiro atoms. The Morgan fingerprint density at radius 3 is 2.72 bits per heavy atom. The normalized spacial score (nSPS) is 16.1. The fraction of sp³-hybridized carbons (Fsp3) is 0.276. The van der Waals surface area contributed by atoms with E-state index < -0.39 is 0 Å². The van der Waals surface area contributed by atoms with Gasteiger partial charge < -0.3 is 9.84 Å². The molecule has 4 aromatic rings. The molecule has 0 radical (unpaired) electrons. The minimum Gasteiger partial charge on any atom is -0.338 e. The first kappa shape index (κ1) is 24.3. The number of nitrogens with one attached hydrogen (secondary N) is 1. The summed E-state index contributed by atoms with van der Waals surface area (Å²) in [5.74, 6) is 2.09. The molecule has 1 N–H and O–H groups in total. The van der Waals surface area contributed by atoms with Crippen LogP contribution in [0.5, 0.6) is 0 Å². The number of thioether (sulfide) groups is 1. The van der Waals surface area contributed by atoms with Gasteiger partial charge in [-0.25, -0.2) is 0 Å². The Bertz CT molecular complexity index is 1290. The molecule has 1 saturated heterocycles. The summed E-state index contributed by atoms with van der Waals surface area (Å²) < 4.78 is 5.51. The highest BCUT2D eigenvalue weighted by atomic mass is 32.2. The van der Waals surface area contributed by atoms with Crippen LogP contribution in [0.2, 0.25) is 0 Å². The van der Waals surface area contributed by atoms with Crippen LogP contribution in [0, 0.1) is 12.8 Å². The van der Waals surface area contributed by atoms with Crippen LogP contribution in [0.1, 0.15) is 29.9 Å². The maximum atomic E-state index is 13.0. The van der Waals surface area contributed by atoms with Crippen LogP contribution < -0.4 is 5.32 Å². The Morgan fingerprint density at radius 2 is 1.92 bits per heavy atom. The molecule has 0 aliphatic carbocycles. The molecule has 1 fully saturated rings. The molecule has 1 aromatic heterocycles. The van der Waals surface area contributed by atoms with Gasteiger partial charge in [0.05, 0.1) is 12.5 Å². The number of aryl methyl sites for hydroxylation is 1. The van der Waals surface area contributed by atoms with Gasteiger partial charge in [-0.2, -0.15) is 4.98 Å². The molecule has 3 aromatic carbocycles. The summed E-state index contributed by atoms with van der Waals surface area (Å²) in [5, 5.41) is 7.25. The number of carbonyl (C=O) groups excluding carboxylic acids is 1. The maximum absolute atomic E-state index is 13.0. The highest BCUT2D eigenvalue weighted by Gasteiger charge is 2.27. The van der Waals surface area contributed by atoms with Crippen molar-refractivity contribution in [3.05, 3.63) is 95.9 Å². The minimum absolute atomic E-state index is 0.0637. The first-order valence-corrected chi connectivity index (χ1v) is 13.3. The lowest BCUT2D eigenvalue weighted by atomic mass is 9.97. The Kier molecular flexibility index (Phi) is 7.79. The summed E-state index contributed by atoms with van der Waals surface area (Å²) in [6.45, 7) is 4.19. The number of amides is 1. The van der Waals surface area contributed by atoms with Crippen LogP contribution >= 0.6 is 11.8 Å². The minimum atomic E-state index is -0.0637. The van der Waals surface area contributed by atoms with E-state index in [0.29, 0.717) is 24.8 Å². The standard InChI is InChI=1S/C29H30N4O2S/c1-21-7-5-8-23(17-21)28-31-27(35-32-28)19-33-16-6-9-24(18-33)29(34)30-25-14-12-22(13-15-25)20-36-26-10-3-2-4-11-26/h2-5,7-8,10-15,17,24H,6,9,16,18-20H2,1H3,(H,30,34). The molecule has 1 atom stereocenters. The van der Waals surface area contributed by atoms with Crippen molar-refractivity contribution in [2.24, 2.45) is 5.92 Å². The summed E-state index contributed by atoms with van der Waals surface area (Å²) >= 11 is 1.81. The van der Waals surface area contributed by atoms with Gasteiger partial charge in [0.15, 0.2) is 0 Å². The molecular formula is C29H30N4O2S. The number of aromatic nitrogens is 2. The molecule has 0 bridgehead atoms. The topological polar surface area (TPSA) is 71.3 Å². The largest absolute Gasteiger partial charge is 0.338 e. The quantitative estimate of drug-likeness (QED) is 0.292. The predicted molar refractivity (Wildman–Crippen MR) is 144 cm³/mol. The second-order valence-corrected chi connectivity index (χ2v) is 10.3. The van der Waals surface area contributed by atoms with Crippen molar-refractivity contribution in [3.63, 3.8) is 0 Å². The van der Waals surface area contributed by atoms with Crippen LogP contribution in [0.3, 0.4) is 0 Å². The van der Waals surface area contributed by atoms with Gasteiger partial charge in [0, 0.05) is 28.4 Å². The van der Waals surface area contributed by atoms with Gasteiger partial charge in [0.25, 0.3) is 0 Å². The van der Waals surface area contributed by atoms with Crippen LogP contribution in [0.25, 0.3) is 11.4 Å². The summed E-state index contributed by atoms with van der Waals surface area (Å²) in [6, 6.07) is 26.6. The van der Waals surface area contributed by atoms with E-state index >= 15 is 0 Å². The number of benzene rings is 3. The number of rotatable bonds is 8. The van der Waals surface area contributed by atoms with E-state index in [0.717, 1.165) is 42.0 Å². The van der Waals surface area contributed by atoms with E-state index in [1.165, 1.54) is 10.5 Å². The summed E-state index contributed by atoms with van der Waals surface area (Å²) in [5.41, 5.74) is 4.18. The van der Waals surface area contributed by atoms with Crippen molar-refractivity contribution in [3.8, 4) is 11.4 Å². The number of carbonyl (C=O) groups is 1. The zero-order valence-corrected chi connectivity index (χ0v) is 21.2. The highest BCUT2D eigenvalue weighted by molar-refractivity contribution is 7.98. The molecule has 1 unspecified atom stereocenters. The van der Waals surface area contributed by atoms with E-state index in [9.17, 15) is 4.79 Å². The molecule has 7 heteroatoms. The zero-order valence-electron chi connectivity index (χ0n) is 20.4. The number of piperidine rings is 1. The summed E-state index contributed by atoms with van der Waals surface area (Å²) in [4.78, 5) is 21.0. The monoisotopic (exact) mass is 498 g/mol. The number of likely N-dealkylation sites (tertiary alicyclic amines) is 1. The number of anilines is 1. The number of hydrogen-bond donors (Lipinski definition) is 1. The molecular weight excluding hydrogens is 468 g/mol. The summed E-state index contributed by atoms with van der Waals surface area (Å²) in [7, 11) is 0. The fourth-order valence-electron chi connectivity index (χ4n) is 4.44. The van der Waals surface area contributed by atoms with Gasteiger partial charge >= 0.3 is 0 Å². The van der Waals surface area contributed by atoms with E-state index in [2.05, 4.69) is 56.8 Å². The summed E-state index contributed by atoms with van der Waals surface area (Å²) in [6.07, 6.45) is 1.85. The van der Waals surface area contributed by atoms with Crippen LogP contribution in [-0.4, -0.2) is 34.0 Å². The van der Waals surface area contributed by atoms with Gasteiger partial charge in [0.1, 0.15) is 0 Å². The van der Waals surface area contributed by atoms with E-state index in [4.69, 9.17) is 4.52 Å². The highest BCUT2D eigenvalue weighted by Crippen LogP contribution is 2.25. The van der Waals surface area contributed by atoms with Gasteiger partial charge in [-0.1, -0.05) is 59.3 Å². The Morgan fingerprint density at radius 1 is 1.08 bits per heavy atom. The predicted octanol–water partition coefficient (Wildman–Crippen LogP) is 6.19. The fourth-order valence-corrected chi connectivity index (χ4v) is 5.31. The van der Waals surface area contributed by atoms with Crippen molar-refractivity contribution in [2.45, 2.75) is 37.0 Å². The third-order valence-corrected chi connectivity index (χ3v) is 7.43. The average Bonchev–Trinajstić information content (AvgIpc) is 3.37. The van der Waals surface area contributed by atoms with Crippen LogP contribution in [0.4, 0.5) is 5.69 Å². The van der Waals surface area contributed by atoms with E-state index in [-0.39, 0.29) is 11.8 Å². The van der Waals surface area contributed by atoms with Gasteiger partial charge in [-0.3, -0.25) is 9.69 Å². The van der Waals surface area contributed by atoms with E-state index in [1.807, 2.05) is 61.2 Å². The van der Waals surface area contributed by atoms with Gasteiger partial charge in [-0.15, -0.1) is 11.8 Å². The lowest BCUT2D eigenvalue weighted by molar-refractivity contribution is -0.121. The molecule has 1 aliphatic rings. The average molecular weight is 499 g/mol. The van der Waals surface area contributed by atoms with E-state index in [1.54, 1.807) is 0 Å². The van der Waals surface area contributed by atoms with Gasteiger partial charge in [0.2, 0.25) is 17.6 Å². The molecule has 5 rings (SSSR count). The van der Waals surface area contributed by atoms with Crippen molar-refractivity contribution in [1.29, 1.82) is 0 Å². The van der Waals surface area contributed by atoms with Crippen molar-refractivity contribution in [2.75, 3.05) is 18.4 Å². The molecule has 1 amide bonds. The maximum Gasteiger partial charge on any atom is 0.241 e. The Balaban J connectivity index is 1.12. The zero-order chi connectivity index (χ0) is 24.7. The van der Waals surface area contributed by atoms with Crippen LogP contribution in [0.15, 0.2) is 88.3 Å². The SMILES string of the molecule is Cc1cccc(-c2noc(CN3CCCC(C(=O)Nc4ccc(CSc5ccccc5)cc4)C3)n2)c1. The van der Waals surface area contributed by atoms with Crippen molar-refractivity contribution >= 4 is 23.4 Å². The number of hydrogen-bond acceptors (Lipinski definition) is 6. The van der Waals surface area contributed by atoms with Crippen molar-refractivity contribution < 1.29 is 9.32 Å². The van der Waals surface area contributed by atoms with Crippen molar-refractivity contribution in [1.82, 2.24) is 15.0 Å². The second-order valence-electron chi connectivity index (χ2n) is 9.24. The molecule has 184 valence electrons. The number of nitrogens with zero attached hydrogens (tertiary/aromatic N) is 3. The Labute approximate surface area is 216 Å². The lowest BCUT2D eigenvalue weighted by Crippen LogP contribution is -2.40. The third-order valence-electron chi connectivity index (χ3n) is 6.35. The molecule has 2 heterocycles. The molecule has 6 nitrogen and oxygen atoms in total. The first-order valence-electron chi connectivity index (χ1n) is 12.3. The lowest BCUT2D eigenvalue weighted by Gasteiger charge is -2.30. The Hall–Kier alpha value is -3.42. The van der Waals surface area contributed by atoms with Gasteiger partial charge in [-0.05, 0) is 62.2 Å². The molecule has 1 aliphatic heterocycles. The third kappa shape index (κ3) is 6.42. The molecule has 0 saturated carbocycles. The smallest absolute Gasteiger partial charge is 0.241 e. The second kappa shape index (κ2) is 11.5.